The molecule has 18 nitrogen and oxygen atoms in total. The van der Waals surface area contributed by atoms with E-state index in [4.69, 9.17) is 25.3 Å². The van der Waals surface area contributed by atoms with Crippen LogP contribution in [-0.2, 0) is 41.5 Å². The van der Waals surface area contributed by atoms with Crippen LogP contribution in [0.15, 0.2) is 108 Å². The van der Waals surface area contributed by atoms with Crippen LogP contribution in [0.3, 0.4) is 0 Å². The number of aliphatic imine (C=N–C) groups is 1. The second-order valence-corrected chi connectivity index (χ2v) is 14.8. The van der Waals surface area contributed by atoms with Crippen LogP contribution in [0.2, 0.25) is 0 Å². The Balaban J connectivity index is 1.62. The number of hydrogen-bond acceptors (Lipinski definition) is 11. The van der Waals surface area contributed by atoms with Gasteiger partial charge in [0.1, 0.15) is 30.2 Å². The van der Waals surface area contributed by atoms with Crippen LogP contribution in [-0.4, -0.2) is 65.3 Å². The second-order valence-electron chi connectivity index (χ2n) is 12.7. The third-order valence-corrected chi connectivity index (χ3v) is 9.89. The lowest BCUT2D eigenvalue weighted by atomic mass is 10.1. The first-order valence-corrected chi connectivity index (χ1v) is 19.3. The van der Waals surface area contributed by atoms with E-state index in [-0.39, 0.29) is 42.3 Å². The minimum absolute atomic E-state index is 0.0482. The summed E-state index contributed by atoms with van der Waals surface area (Å²) in [5.41, 5.74) is 13.5. The first kappa shape index (κ1) is 43.8. The summed E-state index contributed by atoms with van der Waals surface area (Å²) in [6, 6.07) is 24.3. The van der Waals surface area contributed by atoms with Crippen molar-refractivity contribution in [2.24, 2.45) is 16.5 Å². The molecule has 0 heterocycles. The van der Waals surface area contributed by atoms with Gasteiger partial charge in [-0.05, 0) is 78.7 Å². The van der Waals surface area contributed by atoms with E-state index in [1.165, 1.54) is 69.3 Å². The summed E-state index contributed by atoms with van der Waals surface area (Å²) in [6.07, 6.45) is -1.14. The number of aliphatic hydroxyl groups excluding tert-OH is 1. The fourth-order valence-corrected chi connectivity index (χ4v) is 6.98. The average molecular weight is 817 g/mol. The zero-order chi connectivity index (χ0) is 42.2. The van der Waals surface area contributed by atoms with Gasteiger partial charge in [0.2, 0.25) is 23.6 Å². The highest BCUT2D eigenvalue weighted by molar-refractivity contribution is 7.55. The number of guanidine groups is 1. The van der Waals surface area contributed by atoms with E-state index in [1.54, 1.807) is 54.6 Å². The van der Waals surface area contributed by atoms with Crippen molar-refractivity contribution in [2.45, 2.75) is 51.7 Å². The number of rotatable bonds is 18. The molecule has 3 atom stereocenters. The summed E-state index contributed by atoms with van der Waals surface area (Å²) >= 11 is 0. The maximum atomic E-state index is 15.2. The van der Waals surface area contributed by atoms with Crippen molar-refractivity contribution in [1.29, 1.82) is 0 Å². The Morgan fingerprint density at radius 2 is 1.24 bits per heavy atom. The summed E-state index contributed by atoms with van der Waals surface area (Å²) < 4.78 is 32.5. The van der Waals surface area contributed by atoms with Crippen LogP contribution in [0.4, 0.5) is 21.9 Å². The molecule has 4 rings (SSSR count). The number of ether oxygens (including phenoxy) is 1. The molecule has 306 valence electrons. The van der Waals surface area contributed by atoms with Crippen molar-refractivity contribution >= 4 is 60.3 Å². The molecule has 10 N–H and O–H groups in total. The molecular weight excluding hydrogens is 771 g/mol. The van der Waals surface area contributed by atoms with Gasteiger partial charge in [-0.3, -0.25) is 19.2 Å². The maximum Gasteiger partial charge on any atom is 0.453 e. The van der Waals surface area contributed by atoms with E-state index < -0.39 is 50.0 Å². The van der Waals surface area contributed by atoms with Crippen LogP contribution < -0.4 is 47.1 Å². The number of aliphatic hydroxyl groups is 1. The maximum absolute atomic E-state index is 15.2. The van der Waals surface area contributed by atoms with Crippen molar-refractivity contribution in [3.8, 4) is 11.5 Å². The number of carbonyl (C=O) groups excluding carboxylic acids is 5. The Kier molecular flexibility index (Phi) is 15.7. The summed E-state index contributed by atoms with van der Waals surface area (Å²) in [4.78, 5) is 66.6. The fourth-order valence-electron chi connectivity index (χ4n) is 5.14. The van der Waals surface area contributed by atoms with Crippen molar-refractivity contribution in [3.63, 3.8) is 0 Å². The summed E-state index contributed by atoms with van der Waals surface area (Å²) in [5, 5.41) is 22.6. The Labute approximate surface area is 334 Å². The number of benzene rings is 4. The van der Waals surface area contributed by atoms with E-state index in [9.17, 15) is 29.1 Å². The van der Waals surface area contributed by atoms with E-state index in [0.717, 1.165) is 0 Å². The molecule has 0 aliphatic carbocycles. The van der Waals surface area contributed by atoms with Gasteiger partial charge >= 0.3 is 13.7 Å². The Bertz CT molecular complexity index is 2050. The second kappa shape index (κ2) is 20.8. The van der Waals surface area contributed by atoms with Gasteiger partial charge in [0, 0.05) is 31.6 Å². The van der Waals surface area contributed by atoms with Crippen molar-refractivity contribution in [2.75, 3.05) is 17.2 Å². The molecule has 0 aromatic heterocycles. The minimum atomic E-state index is -4.56. The normalized spacial score (nSPS) is 12.3. The minimum Gasteiger partial charge on any atom is -0.445 e. The predicted molar refractivity (Wildman–Crippen MR) is 216 cm³/mol. The van der Waals surface area contributed by atoms with Crippen molar-refractivity contribution in [1.82, 2.24) is 16.0 Å². The molecular formula is C39H45N8O10P. The van der Waals surface area contributed by atoms with Crippen LogP contribution in [0.1, 0.15) is 31.9 Å². The lowest BCUT2D eigenvalue weighted by molar-refractivity contribution is -0.130. The summed E-state index contributed by atoms with van der Waals surface area (Å²) in [6.45, 7) is 3.10. The molecule has 0 saturated carbocycles. The van der Waals surface area contributed by atoms with E-state index >= 15 is 4.57 Å². The van der Waals surface area contributed by atoms with Gasteiger partial charge in [-0.25, -0.2) is 14.4 Å². The number of nitrogens with zero attached hydrogens (tertiary/aromatic N) is 1. The third kappa shape index (κ3) is 14.0. The summed E-state index contributed by atoms with van der Waals surface area (Å²) in [5.74, 6) is -3.90. The fraction of sp³-hybridized carbons (Fsp3) is 0.231. The standard InChI is InChI=1S/C39H45N8O10P/c1-24(42-37(52)34(22-48)46-39(53)55-23-28-7-5-4-6-8-28)36(51)47-35(21-27-9-11-31(12-10-27)45-38(40)41)58(54,56-32-17-13-29(14-18-32)43-25(2)49)57-33-19-15-30(16-20-33)44-26(3)50/h4-20,24,34-35,48H,21-23H2,1-3H3,(H,42,52)(H,43,49)(H,44,50)(H,46,53)(H,47,51)(H4,40,41,45)/t24-,34+,35?/m0/s1. The van der Waals surface area contributed by atoms with Gasteiger partial charge in [0.25, 0.3) is 0 Å². The third-order valence-electron chi connectivity index (χ3n) is 7.88. The molecule has 0 bridgehead atoms. The molecule has 4 aromatic carbocycles. The first-order chi connectivity index (χ1) is 27.6. The quantitative estimate of drug-likeness (QED) is 0.0406. The largest absolute Gasteiger partial charge is 0.453 e. The van der Waals surface area contributed by atoms with Gasteiger partial charge in [0.15, 0.2) is 11.7 Å². The smallest absolute Gasteiger partial charge is 0.445 e. The van der Waals surface area contributed by atoms with Gasteiger partial charge in [-0.1, -0.05) is 42.5 Å². The molecule has 0 aliphatic rings. The first-order valence-electron chi connectivity index (χ1n) is 17.7. The number of amides is 5. The SMILES string of the molecule is CC(=O)Nc1ccc(OP(=O)(Oc2ccc(NC(C)=O)cc2)C(Cc2ccc(N=C(N)N)cc2)NC(=O)[C@H](C)NC(=O)[C@@H](CO)NC(=O)OCc2ccccc2)cc1. The monoisotopic (exact) mass is 816 g/mol. The lowest BCUT2D eigenvalue weighted by Crippen LogP contribution is -2.55. The van der Waals surface area contributed by atoms with Gasteiger partial charge < -0.3 is 56.9 Å². The van der Waals surface area contributed by atoms with E-state index in [2.05, 4.69) is 31.6 Å². The number of hydrogen-bond donors (Lipinski definition) is 8. The lowest BCUT2D eigenvalue weighted by Gasteiger charge is -2.29. The average Bonchev–Trinajstić information content (AvgIpc) is 3.17. The molecule has 0 spiro atoms. The molecule has 0 saturated heterocycles. The highest BCUT2D eigenvalue weighted by Gasteiger charge is 2.42. The Hall–Kier alpha value is -6.91. The van der Waals surface area contributed by atoms with Crippen molar-refractivity contribution in [3.05, 3.63) is 114 Å². The summed E-state index contributed by atoms with van der Waals surface area (Å²) in [7, 11) is -4.56. The van der Waals surface area contributed by atoms with Crippen LogP contribution in [0.25, 0.3) is 0 Å². The van der Waals surface area contributed by atoms with E-state index in [0.29, 0.717) is 28.2 Å². The number of alkyl carbamates (subject to hydrolysis) is 1. The number of carbonyl (C=O) groups is 5. The molecule has 19 heteroatoms. The zero-order valence-corrected chi connectivity index (χ0v) is 32.7. The molecule has 4 aromatic rings. The molecule has 0 radical (unpaired) electrons. The molecule has 1 unspecified atom stereocenters. The zero-order valence-electron chi connectivity index (χ0n) is 31.8. The number of nitrogens with two attached hydrogens (primary N) is 2. The van der Waals surface area contributed by atoms with Crippen molar-refractivity contribution < 1.29 is 47.4 Å². The van der Waals surface area contributed by atoms with E-state index in [1.807, 2.05) is 0 Å². The highest BCUT2D eigenvalue weighted by atomic mass is 31.2. The van der Waals surface area contributed by atoms with Crippen LogP contribution in [0, 0.1) is 0 Å². The molecule has 58 heavy (non-hydrogen) atoms. The van der Waals surface area contributed by atoms with Gasteiger partial charge in [-0.2, -0.15) is 0 Å². The molecule has 0 fully saturated rings. The predicted octanol–water partition coefficient (Wildman–Crippen LogP) is 3.64. The molecule has 5 amide bonds. The van der Waals surface area contributed by atoms with Gasteiger partial charge in [0.05, 0.1) is 12.3 Å². The molecule has 0 aliphatic heterocycles. The Morgan fingerprint density at radius 3 is 1.72 bits per heavy atom. The Morgan fingerprint density at radius 1 is 0.707 bits per heavy atom. The topological polar surface area (TPSA) is 275 Å². The number of nitrogens with one attached hydrogen (secondary N) is 5. The van der Waals surface area contributed by atoms with Gasteiger partial charge in [-0.15, -0.1) is 0 Å². The number of anilines is 2. The van der Waals surface area contributed by atoms with Crippen LogP contribution >= 0.6 is 7.60 Å². The highest BCUT2D eigenvalue weighted by Crippen LogP contribution is 2.53. The van der Waals surface area contributed by atoms with Crippen LogP contribution in [0.5, 0.6) is 11.5 Å².